The van der Waals surface area contributed by atoms with E-state index < -0.39 is 0 Å². The Bertz CT molecular complexity index is 201. The lowest BCUT2D eigenvalue weighted by Gasteiger charge is -2.09. The van der Waals surface area contributed by atoms with E-state index in [0.29, 0.717) is 45.3 Å². The Kier molecular flexibility index (Phi) is 12.3. The van der Waals surface area contributed by atoms with Gasteiger partial charge in [0.2, 0.25) is 5.91 Å². The molecule has 108 valence electrons. The molecular formula is C13H28N2O3. The Labute approximate surface area is 111 Å². The fraction of sp³-hybridized carbons (Fsp3) is 0.923. The predicted octanol–water partition coefficient (Wildman–Crippen LogP) is 0.791. The number of carbonyl (C=O) groups excluding carboxylic acids is 1. The van der Waals surface area contributed by atoms with Crippen LogP contribution in [0.2, 0.25) is 0 Å². The largest absolute Gasteiger partial charge is 0.378 e. The van der Waals surface area contributed by atoms with Gasteiger partial charge in [0.1, 0.15) is 0 Å². The number of ether oxygens (including phenoxy) is 2. The van der Waals surface area contributed by atoms with Crippen molar-refractivity contribution in [3.63, 3.8) is 0 Å². The van der Waals surface area contributed by atoms with Crippen LogP contribution in [-0.2, 0) is 14.3 Å². The smallest absolute Gasteiger partial charge is 0.220 e. The van der Waals surface area contributed by atoms with E-state index >= 15 is 0 Å². The zero-order chi connectivity index (χ0) is 13.6. The Morgan fingerprint density at radius 3 is 2.28 bits per heavy atom. The molecule has 5 heteroatoms. The summed E-state index contributed by atoms with van der Waals surface area (Å²) in [6.45, 7) is 8.02. The average molecular weight is 260 g/mol. The molecule has 0 radical (unpaired) electrons. The molecule has 0 aliphatic rings. The summed E-state index contributed by atoms with van der Waals surface area (Å²) < 4.78 is 10.6. The van der Waals surface area contributed by atoms with Gasteiger partial charge in [0.25, 0.3) is 0 Å². The number of hydrogen-bond donors (Lipinski definition) is 2. The van der Waals surface area contributed by atoms with Crippen LogP contribution in [0.15, 0.2) is 0 Å². The number of likely N-dealkylation sites (N-methyl/N-ethyl adjacent to an activating group) is 1. The highest BCUT2D eigenvalue weighted by atomic mass is 16.5. The maximum atomic E-state index is 11.4. The summed E-state index contributed by atoms with van der Waals surface area (Å²) in [7, 11) is 1.89. The summed E-state index contributed by atoms with van der Waals surface area (Å²) in [5.74, 6) is 0.560. The first-order valence-corrected chi connectivity index (χ1v) is 6.77. The van der Waals surface area contributed by atoms with Crippen LogP contribution in [-0.4, -0.2) is 52.5 Å². The zero-order valence-electron chi connectivity index (χ0n) is 12.0. The molecule has 5 nitrogen and oxygen atoms in total. The molecule has 0 heterocycles. The van der Waals surface area contributed by atoms with Crippen molar-refractivity contribution in [2.24, 2.45) is 5.92 Å². The van der Waals surface area contributed by atoms with E-state index in [2.05, 4.69) is 24.5 Å². The van der Waals surface area contributed by atoms with Crippen molar-refractivity contribution in [1.29, 1.82) is 0 Å². The second kappa shape index (κ2) is 12.8. The van der Waals surface area contributed by atoms with E-state index in [1.807, 2.05) is 7.05 Å². The van der Waals surface area contributed by atoms with Gasteiger partial charge in [0.05, 0.1) is 26.4 Å². The summed E-state index contributed by atoms with van der Waals surface area (Å²) in [4.78, 5) is 11.4. The van der Waals surface area contributed by atoms with Gasteiger partial charge < -0.3 is 20.1 Å². The number of rotatable bonds is 12. The molecule has 0 spiro atoms. The number of hydrogen-bond acceptors (Lipinski definition) is 4. The van der Waals surface area contributed by atoms with Crippen molar-refractivity contribution in [2.75, 3.05) is 46.6 Å². The van der Waals surface area contributed by atoms with Crippen molar-refractivity contribution < 1.29 is 14.3 Å². The Morgan fingerprint density at radius 2 is 1.72 bits per heavy atom. The van der Waals surface area contributed by atoms with E-state index in [4.69, 9.17) is 9.47 Å². The summed E-state index contributed by atoms with van der Waals surface area (Å²) in [6.07, 6.45) is 1.64. The normalized spacial score (nSPS) is 12.4. The maximum Gasteiger partial charge on any atom is 0.220 e. The third-order valence-corrected chi connectivity index (χ3v) is 2.67. The Morgan fingerprint density at radius 1 is 1.11 bits per heavy atom. The van der Waals surface area contributed by atoms with Gasteiger partial charge in [-0.05, 0) is 13.0 Å². The molecule has 18 heavy (non-hydrogen) atoms. The molecule has 1 atom stereocenters. The van der Waals surface area contributed by atoms with Crippen molar-refractivity contribution >= 4 is 5.91 Å². The minimum atomic E-state index is 0.109. The molecule has 0 rings (SSSR count). The van der Waals surface area contributed by atoms with E-state index in [9.17, 15) is 4.79 Å². The highest BCUT2D eigenvalue weighted by molar-refractivity contribution is 5.76. The highest BCUT2D eigenvalue weighted by Crippen LogP contribution is 2.04. The summed E-state index contributed by atoms with van der Waals surface area (Å²) in [5, 5.41) is 5.84. The molecule has 2 N–H and O–H groups in total. The van der Waals surface area contributed by atoms with Crippen molar-refractivity contribution in [2.45, 2.75) is 26.7 Å². The average Bonchev–Trinajstić information content (AvgIpc) is 2.36. The lowest BCUT2D eigenvalue weighted by atomic mass is 10.1. The van der Waals surface area contributed by atoms with E-state index in [1.54, 1.807) is 0 Å². The minimum absolute atomic E-state index is 0.109. The summed E-state index contributed by atoms with van der Waals surface area (Å²) in [5.41, 5.74) is 0. The standard InChI is InChI=1S/C13H28N2O3/c1-4-12(2)11-13(16)15-6-8-18-10-9-17-7-5-14-3/h12,14H,4-11H2,1-3H3,(H,15,16). The molecule has 0 aromatic rings. The first-order chi connectivity index (χ1) is 8.70. The Hall–Kier alpha value is -0.650. The zero-order valence-corrected chi connectivity index (χ0v) is 12.0. The summed E-state index contributed by atoms with van der Waals surface area (Å²) >= 11 is 0. The molecule has 0 bridgehead atoms. The predicted molar refractivity (Wildman–Crippen MR) is 72.6 cm³/mol. The molecule has 0 aromatic heterocycles. The second-order valence-corrected chi connectivity index (χ2v) is 4.40. The fourth-order valence-electron chi connectivity index (χ4n) is 1.29. The maximum absolute atomic E-state index is 11.4. The van der Waals surface area contributed by atoms with Gasteiger partial charge in [-0.15, -0.1) is 0 Å². The monoisotopic (exact) mass is 260 g/mol. The van der Waals surface area contributed by atoms with Crippen molar-refractivity contribution in [3.05, 3.63) is 0 Å². The van der Waals surface area contributed by atoms with Crippen LogP contribution in [0.25, 0.3) is 0 Å². The van der Waals surface area contributed by atoms with Crippen LogP contribution in [0.3, 0.4) is 0 Å². The lowest BCUT2D eigenvalue weighted by Crippen LogP contribution is -2.28. The van der Waals surface area contributed by atoms with Crippen LogP contribution in [0, 0.1) is 5.92 Å². The van der Waals surface area contributed by atoms with Gasteiger partial charge in [-0.25, -0.2) is 0 Å². The van der Waals surface area contributed by atoms with E-state index in [1.165, 1.54) is 0 Å². The van der Waals surface area contributed by atoms with E-state index in [0.717, 1.165) is 13.0 Å². The third kappa shape index (κ3) is 11.8. The molecule has 0 aliphatic heterocycles. The highest BCUT2D eigenvalue weighted by Gasteiger charge is 2.05. The second-order valence-electron chi connectivity index (χ2n) is 4.40. The fourth-order valence-corrected chi connectivity index (χ4v) is 1.29. The molecule has 0 fully saturated rings. The molecular weight excluding hydrogens is 232 g/mol. The summed E-state index contributed by atoms with van der Waals surface area (Å²) in [6, 6.07) is 0. The van der Waals surface area contributed by atoms with Crippen LogP contribution < -0.4 is 10.6 Å². The molecule has 0 saturated heterocycles. The molecule has 1 unspecified atom stereocenters. The van der Waals surface area contributed by atoms with Crippen molar-refractivity contribution in [1.82, 2.24) is 10.6 Å². The van der Waals surface area contributed by atoms with Crippen LogP contribution in [0.1, 0.15) is 26.7 Å². The van der Waals surface area contributed by atoms with Gasteiger partial charge in [0.15, 0.2) is 0 Å². The lowest BCUT2D eigenvalue weighted by molar-refractivity contribution is -0.122. The van der Waals surface area contributed by atoms with Gasteiger partial charge >= 0.3 is 0 Å². The first kappa shape index (κ1) is 17.4. The van der Waals surface area contributed by atoms with Crippen molar-refractivity contribution in [3.8, 4) is 0 Å². The number of nitrogens with one attached hydrogen (secondary N) is 2. The quantitative estimate of drug-likeness (QED) is 0.509. The molecule has 0 aromatic carbocycles. The Balaban J connectivity index is 3.17. The van der Waals surface area contributed by atoms with Gasteiger partial charge in [-0.3, -0.25) is 4.79 Å². The van der Waals surface area contributed by atoms with Gasteiger partial charge in [0, 0.05) is 19.5 Å². The van der Waals surface area contributed by atoms with Crippen LogP contribution >= 0.6 is 0 Å². The SMILES string of the molecule is CCC(C)CC(=O)NCCOCCOCCNC. The van der Waals surface area contributed by atoms with Gasteiger partial charge in [-0.2, -0.15) is 0 Å². The molecule has 0 saturated carbocycles. The van der Waals surface area contributed by atoms with Crippen LogP contribution in [0.4, 0.5) is 0 Å². The van der Waals surface area contributed by atoms with E-state index in [-0.39, 0.29) is 5.91 Å². The molecule has 0 aliphatic carbocycles. The topological polar surface area (TPSA) is 59.6 Å². The third-order valence-electron chi connectivity index (χ3n) is 2.67. The number of carbonyl (C=O) groups is 1. The molecule has 1 amide bonds. The van der Waals surface area contributed by atoms with Gasteiger partial charge in [-0.1, -0.05) is 20.3 Å². The number of amides is 1. The first-order valence-electron chi connectivity index (χ1n) is 6.77. The minimum Gasteiger partial charge on any atom is -0.378 e. The van der Waals surface area contributed by atoms with Crippen LogP contribution in [0.5, 0.6) is 0 Å².